The van der Waals surface area contributed by atoms with Crippen molar-refractivity contribution in [2.45, 2.75) is 79.2 Å². The number of ether oxygens (including phenoxy) is 1. The fraction of sp³-hybridized carbons (Fsp3) is 0.593. The van der Waals surface area contributed by atoms with E-state index in [1.165, 1.54) is 11.1 Å². The van der Waals surface area contributed by atoms with Crippen LogP contribution in [0.3, 0.4) is 0 Å². The SMILES string of the molecule is Cc1ccc(-n2ncc(C(=O)NCCC(C)C)c2C2CCN(C(=O)OC(C)(C)C)CC2)cc1C. The Morgan fingerprint density at radius 2 is 1.82 bits per heavy atom. The van der Waals surface area contributed by atoms with Gasteiger partial charge in [-0.15, -0.1) is 0 Å². The third-order valence-corrected chi connectivity index (χ3v) is 6.33. The smallest absolute Gasteiger partial charge is 0.410 e. The van der Waals surface area contributed by atoms with Crippen molar-refractivity contribution < 1.29 is 14.3 Å². The highest BCUT2D eigenvalue weighted by Crippen LogP contribution is 2.33. The third-order valence-electron chi connectivity index (χ3n) is 6.33. The molecule has 3 rings (SSSR count). The van der Waals surface area contributed by atoms with E-state index in [1.807, 2.05) is 25.5 Å². The minimum Gasteiger partial charge on any atom is -0.444 e. The molecular weight excluding hydrogens is 428 g/mol. The first-order valence-electron chi connectivity index (χ1n) is 12.4. The Kier molecular flexibility index (Phi) is 8.05. The summed E-state index contributed by atoms with van der Waals surface area (Å²) in [6.45, 7) is 15.9. The van der Waals surface area contributed by atoms with Gasteiger partial charge in [-0.3, -0.25) is 4.79 Å². The Hall–Kier alpha value is -2.83. The highest BCUT2D eigenvalue weighted by molar-refractivity contribution is 5.95. The van der Waals surface area contributed by atoms with E-state index in [0.29, 0.717) is 31.1 Å². The predicted molar refractivity (Wildman–Crippen MR) is 135 cm³/mol. The van der Waals surface area contributed by atoms with Crippen molar-refractivity contribution in [3.8, 4) is 5.69 Å². The van der Waals surface area contributed by atoms with E-state index < -0.39 is 5.60 Å². The van der Waals surface area contributed by atoms with Gasteiger partial charge >= 0.3 is 6.09 Å². The second-order valence-electron chi connectivity index (χ2n) is 10.8. The molecule has 2 heterocycles. The topological polar surface area (TPSA) is 76.5 Å². The highest BCUT2D eigenvalue weighted by atomic mass is 16.6. The summed E-state index contributed by atoms with van der Waals surface area (Å²) in [4.78, 5) is 27.4. The van der Waals surface area contributed by atoms with Crippen LogP contribution < -0.4 is 5.32 Å². The number of aromatic nitrogens is 2. The number of likely N-dealkylation sites (tertiary alicyclic amines) is 1. The lowest BCUT2D eigenvalue weighted by Gasteiger charge is -2.34. The molecule has 1 fully saturated rings. The number of amides is 2. The van der Waals surface area contributed by atoms with Gasteiger partial charge in [0, 0.05) is 25.6 Å². The monoisotopic (exact) mass is 468 g/mol. The number of hydrogen-bond donors (Lipinski definition) is 1. The van der Waals surface area contributed by atoms with Crippen LogP contribution in [0.25, 0.3) is 5.69 Å². The average Bonchev–Trinajstić information content (AvgIpc) is 3.19. The molecule has 1 N–H and O–H groups in total. The van der Waals surface area contributed by atoms with Gasteiger partial charge in [0.15, 0.2) is 0 Å². The number of nitrogens with one attached hydrogen (secondary N) is 1. The highest BCUT2D eigenvalue weighted by Gasteiger charge is 2.32. The maximum atomic E-state index is 13.1. The molecule has 0 radical (unpaired) electrons. The molecule has 0 atom stereocenters. The summed E-state index contributed by atoms with van der Waals surface area (Å²) >= 11 is 0. The number of aryl methyl sites for hydroxylation is 2. The van der Waals surface area contributed by atoms with E-state index in [2.05, 4.69) is 56.3 Å². The summed E-state index contributed by atoms with van der Waals surface area (Å²) in [5.41, 5.74) is 4.38. The van der Waals surface area contributed by atoms with E-state index in [-0.39, 0.29) is 17.9 Å². The van der Waals surface area contributed by atoms with Crippen LogP contribution in [0.4, 0.5) is 4.79 Å². The molecule has 34 heavy (non-hydrogen) atoms. The van der Waals surface area contributed by atoms with Gasteiger partial charge in [-0.25, -0.2) is 9.48 Å². The maximum Gasteiger partial charge on any atom is 0.410 e. The first kappa shape index (κ1) is 25.8. The number of hydrogen-bond acceptors (Lipinski definition) is 4. The molecule has 0 spiro atoms. The molecule has 1 aliphatic heterocycles. The number of piperidine rings is 1. The summed E-state index contributed by atoms with van der Waals surface area (Å²) in [7, 11) is 0. The van der Waals surface area contributed by atoms with Crippen molar-refractivity contribution in [2.75, 3.05) is 19.6 Å². The first-order chi connectivity index (χ1) is 16.0. The lowest BCUT2D eigenvalue weighted by Crippen LogP contribution is -2.41. The molecule has 186 valence electrons. The van der Waals surface area contributed by atoms with Gasteiger partial charge in [0.05, 0.1) is 23.1 Å². The van der Waals surface area contributed by atoms with Crippen molar-refractivity contribution in [3.05, 3.63) is 46.8 Å². The molecular formula is C27H40N4O3. The lowest BCUT2D eigenvalue weighted by molar-refractivity contribution is 0.0203. The van der Waals surface area contributed by atoms with Crippen LogP contribution in [0, 0.1) is 19.8 Å². The van der Waals surface area contributed by atoms with Gasteiger partial charge in [-0.05, 0) is 83.1 Å². The normalized spacial score (nSPS) is 15.0. The van der Waals surface area contributed by atoms with Crippen LogP contribution in [-0.2, 0) is 4.74 Å². The van der Waals surface area contributed by atoms with E-state index in [1.54, 1.807) is 11.1 Å². The fourth-order valence-electron chi connectivity index (χ4n) is 4.22. The summed E-state index contributed by atoms with van der Waals surface area (Å²) in [6.07, 6.45) is 3.85. The largest absolute Gasteiger partial charge is 0.444 e. The first-order valence-corrected chi connectivity index (χ1v) is 12.4. The molecule has 1 saturated heterocycles. The Morgan fingerprint density at radius 1 is 1.15 bits per heavy atom. The van der Waals surface area contributed by atoms with Crippen LogP contribution in [-0.4, -0.2) is 51.9 Å². The van der Waals surface area contributed by atoms with Crippen LogP contribution in [0.1, 0.15) is 87.0 Å². The Bertz CT molecular complexity index is 1010. The Balaban J connectivity index is 1.86. The summed E-state index contributed by atoms with van der Waals surface area (Å²) in [5, 5.41) is 7.72. The summed E-state index contributed by atoms with van der Waals surface area (Å²) in [5.74, 6) is 0.559. The summed E-state index contributed by atoms with van der Waals surface area (Å²) in [6, 6.07) is 6.25. The molecule has 1 aromatic carbocycles. The van der Waals surface area contributed by atoms with Crippen LogP contribution in [0.15, 0.2) is 24.4 Å². The van der Waals surface area contributed by atoms with Crippen molar-refractivity contribution in [1.82, 2.24) is 20.0 Å². The summed E-state index contributed by atoms with van der Waals surface area (Å²) < 4.78 is 7.47. The molecule has 0 aliphatic carbocycles. The molecule has 1 aromatic heterocycles. The zero-order chi connectivity index (χ0) is 25.0. The van der Waals surface area contributed by atoms with Gasteiger partial charge in [-0.1, -0.05) is 19.9 Å². The standard InChI is InChI=1S/C27H40N4O3/c1-18(2)10-13-28-25(32)23-17-29-31(22-9-8-19(3)20(4)16-22)24(23)21-11-14-30(15-12-21)26(33)34-27(5,6)7/h8-9,16-18,21H,10-15H2,1-7H3,(H,28,32). The van der Waals surface area contributed by atoms with E-state index >= 15 is 0 Å². The van der Waals surface area contributed by atoms with Gasteiger partial charge in [0.1, 0.15) is 5.60 Å². The molecule has 7 heteroatoms. The molecule has 0 saturated carbocycles. The van der Waals surface area contributed by atoms with Gasteiger partial charge < -0.3 is 15.0 Å². The number of carbonyl (C=O) groups excluding carboxylic acids is 2. The molecule has 1 aliphatic rings. The van der Waals surface area contributed by atoms with Crippen LogP contribution in [0.2, 0.25) is 0 Å². The van der Waals surface area contributed by atoms with Gasteiger partial charge in [0.2, 0.25) is 0 Å². The van der Waals surface area contributed by atoms with Crippen molar-refractivity contribution in [3.63, 3.8) is 0 Å². The quantitative estimate of drug-likeness (QED) is 0.618. The number of benzene rings is 1. The second kappa shape index (κ2) is 10.6. The van der Waals surface area contributed by atoms with Crippen molar-refractivity contribution in [1.29, 1.82) is 0 Å². The predicted octanol–water partition coefficient (Wildman–Crippen LogP) is 5.38. The lowest BCUT2D eigenvalue weighted by atomic mass is 9.90. The fourth-order valence-corrected chi connectivity index (χ4v) is 4.22. The number of carbonyl (C=O) groups is 2. The zero-order valence-corrected chi connectivity index (χ0v) is 21.8. The molecule has 2 aromatic rings. The van der Waals surface area contributed by atoms with E-state index in [0.717, 1.165) is 30.6 Å². The molecule has 0 unspecified atom stereocenters. The zero-order valence-electron chi connectivity index (χ0n) is 21.8. The average molecular weight is 469 g/mol. The number of rotatable bonds is 6. The maximum absolute atomic E-state index is 13.1. The van der Waals surface area contributed by atoms with Crippen molar-refractivity contribution >= 4 is 12.0 Å². The van der Waals surface area contributed by atoms with E-state index in [9.17, 15) is 9.59 Å². The molecule has 2 amide bonds. The van der Waals surface area contributed by atoms with Crippen molar-refractivity contribution in [2.24, 2.45) is 5.92 Å². The molecule has 0 bridgehead atoms. The van der Waals surface area contributed by atoms with Crippen LogP contribution in [0.5, 0.6) is 0 Å². The molecule has 7 nitrogen and oxygen atoms in total. The van der Waals surface area contributed by atoms with Crippen LogP contribution >= 0.6 is 0 Å². The Morgan fingerprint density at radius 3 is 2.41 bits per heavy atom. The minimum absolute atomic E-state index is 0.0831. The number of nitrogens with zero attached hydrogens (tertiary/aromatic N) is 3. The Labute approximate surface area is 203 Å². The second-order valence-corrected chi connectivity index (χ2v) is 10.8. The minimum atomic E-state index is -0.517. The van der Waals surface area contributed by atoms with Gasteiger partial charge in [-0.2, -0.15) is 5.10 Å². The van der Waals surface area contributed by atoms with E-state index in [4.69, 9.17) is 4.74 Å². The van der Waals surface area contributed by atoms with Gasteiger partial charge in [0.25, 0.3) is 5.91 Å². The third kappa shape index (κ3) is 6.39.